The summed E-state index contributed by atoms with van der Waals surface area (Å²) in [4.78, 5) is 2.03. The second-order valence-electron chi connectivity index (χ2n) is 5.48. The fourth-order valence-corrected chi connectivity index (χ4v) is 2.39. The van der Waals surface area contributed by atoms with Gasteiger partial charge in [0.2, 0.25) is 0 Å². The van der Waals surface area contributed by atoms with Crippen LogP contribution in [0.1, 0.15) is 39.5 Å². The molecule has 0 aromatic heterocycles. The van der Waals surface area contributed by atoms with Gasteiger partial charge in [-0.1, -0.05) is 19.9 Å². The Morgan fingerprint density at radius 1 is 1.38 bits per heavy atom. The number of nitrogens with zero attached hydrogens (tertiary/aromatic N) is 2. The van der Waals surface area contributed by atoms with Gasteiger partial charge in [-0.2, -0.15) is 5.26 Å². The first-order valence-electron chi connectivity index (χ1n) is 7.70. The summed E-state index contributed by atoms with van der Waals surface area (Å²) in [6.45, 7) is 5.81. The normalized spacial score (nSPS) is 13.5. The molecule has 1 aromatic rings. The van der Waals surface area contributed by atoms with E-state index in [0.29, 0.717) is 0 Å². The molecular weight excluding hydrogens is 265 g/mol. The third-order valence-corrected chi connectivity index (χ3v) is 3.88. The minimum atomic E-state index is -0.432. The molecule has 0 amide bonds. The molecule has 0 saturated heterocycles. The molecule has 1 rings (SSSR count). The molecule has 4 heteroatoms. The number of halogens is 1. The Bertz CT molecular complexity index is 469. The van der Waals surface area contributed by atoms with Crippen molar-refractivity contribution in [2.24, 2.45) is 0 Å². The summed E-state index contributed by atoms with van der Waals surface area (Å²) in [7, 11) is 1.95. The number of nitrogens with one attached hydrogen (secondary N) is 1. The Balaban J connectivity index is 2.52. The van der Waals surface area contributed by atoms with Gasteiger partial charge in [0, 0.05) is 19.3 Å². The van der Waals surface area contributed by atoms with Gasteiger partial charge >= 0.3 is 0 Å². The van der Waals surface area contributed by atoms with Crippen LogP contribution in [-0.2, 0) is 0 Å². The molecule has 1 N–H and O–H groups in total. The van der Waals surface area contributed by atoms with Crippen molar-refractivity contribution in [2.45, 2.75) is 45.1 Å². The molecule has 1 atom stereocenters. The number of anilines is 1. The van der Waals surface area contributed by atoms with Gasteiger partial charge < -0.3 is 4.90 Å². The van der Waals surface area contributed by atoms with Crippen LogP contribution in [0.3, 0.4) is 0 Å². The van der Waals surface area contributed by atoms with Crippen LogP contribution in [0.15, 0.2) is 24.3 Å². The van der Waals surface area contributed by atoms with Crippen molar-refractivity contribution < 1.29 is 4.39 Å². The van der Waals surface area contributed by atoms with E-state index < -0.39 is 5.54 Å². The van der Waals surface area contributed by atoms with Crippen molar-refractivity contribution in [2.75, 3.05) is 25.0 Å². The quantitative estimate of drug-likeness (QED) is 0.754. The van der Waals surface area contributed by atoms with E-state index in [0.717, 1.165) is 44.5 Å². The van der Waals surface area contributed by atoms with Gasteiger partial charge in [0.15, 0.2) is 0 Å². The van der Waals surface area contributed by atoms with Crippen molar-refractivity contribution in [1.82, 2.24) is 5.32 Å². The summed E-state index contributed by atoms with van der Waals surface area (Å²) in [5, 5.41) is 12.8. The summed E-state index contributed by atoms with van der Waals surface area (Å²) < 4.78 is 13.2. The van der Waals surface area contributed by atoms with E-state index in [4.69, 9.17) is 0 Å². The van der Waals surface area contributed by atoms with Crippen molar-refractivity contribution in [3.63, 3.8) is 0 Å². The van der Waals surface area contributed by atoms with Crippen LogP contribution in [0, 0.1) is 17.1 Å². The molecule has 116 valence electrons. The van der Waals surface area contributed by atoms with Gasteiger partial charge in [-0.3, -0.25) is 5.32 Å². The monoisotopic (exact) mass is 291 g/mol. The summed E-state index contributed by atoms with van der Waals surface area (Å²) >= 11 is 0. The summed E-state index contributed by atoms with van der Waals surface area (Å²) in [5.41, 5.74) is 0.439. The molecule has 0 spiro atoms. The number of rotatable bonds is 9. The summed E-state index contributed by atoms with van der Waals surface area (Å²) in [6, 6.07) is 9.03. The van der Waals surface area contributed by atoms with Gasteiger partial charge in [-0.25, -0.2) is 4.39 Å². The Hall–Kier alpha value is -1.60. The minimum Gasteiger partial charge on any atom is -0.375 e. The Morgan fingerprint density at radius 3 is 2.71 bits per heavy atom. The van der Waals surface area contributed by atoms with Crippen molar-refractivity contribution in [1.29, 1.82) is 5.26 Å². The molecule has 1 aromatic carbocycles. The van der Waals surface area contributed by atoms with Crippen LogP contribution in [-0.4, -0.2) is 25.7 Å². The highest BCUT2D eigenvalue weighted by atomic mass is 19.1. The van der Waals surface area contributed by atoms with Gasteiger partial charge in [0.1, 0.15) is 11.4 Å². The lowest BCUT2D eigenvalue weighted by atomic mass is 9.91. The third kappa shape index (κ3) is 5.35. The van der Waals surface area contributed by atoms with E-state index in [1.54, 1.807) is 6.07 Å². The second kappa shape index (κ2) is 8.63. The van der Waals surface area contributed by atoms with E-state index >= 15 is 0 Å². The van der Waals surface area contributed by atoms with Gasteiger partial charge in [-0.15, -0.1) is 0 Å². The minimum absolute atomic E-state index is 0.219. The maximum Gasteiger partial charge on any atom is 0.125 e. The summed E-state index contributed by atoms with van der Waals surface area (Å²) in [5.74, 6) is -0.219. The molecule has 0 aliphatic heterocycles. The predicted molar refractivity (Wildman–Crippen MR) is 85.8 cm³/mol. The molecule has 0 aliphatic rings. The molecule has 0 saturated carbocycles. The lowest BCUT2D eigenvalue weighted by Gasteiger charge is -2.28. The smallest absolute Gasteiger partial charge is 0.125 e. The first-order valence-corrected chi connectivity index (χ1v) is 7.70. The lowest BCUT2D eigenvalue weighted by Crippen LogP contribution is -2.44. The van der Waals surface area contributed by atoms with Crippen molar-refractivity contribution in [3.8, 4) is 6.07 Å². The first-order chi connectivity index (χ1) is 10.1. The van der Waals surface area contributed by atoms with E-state index in [2.05, 4.69) is 18.3 Å². The zero-order chi connectivity index (χ0) is 15.7. The van der Waals surface area contributed by atoms with Gasteiger partial charge in [-0.05, 0) is 50.4 Å². The van der Waals surface area contributed by atoms with Crippen LogP contribution >= 0.6 is 0 Å². The molecule has 3 nitrogen and oxygen atoms in total. The van der Waals surface area contributed by atoms with Crippen LogP contribution in [0.25, 0.3) is 0 Å². The average Bonchev–Trinajstić information content (AvgIpc) is 2.51. The van der Waals surface area contributed by atoms with E-state index in [9.17, 15) is 9.65 Å². The molecule has 21 heavy (non-hydrogen) atoms. The van der Waals surface area contributed by atoms with E-state index in [-0.39, 0.29) is 5.82 Å². The van der Waals surface area contributed by atoms with Crippen molar-refractivity contribution in [3.05, 3.63) is 30.1 Å². The fourth-order valence-electron chi connectivity index (χ4n) is 2.39. The number of nitriles is 1. The Labute approximate surface area is 127 Å². The van der Waals surface area contributed by atoms with Crippen LogP contribution in [0.4, 0.5) is 10.1 Å². The van der Waals surface area contributed by atoms with Crippen LogP contribution < -0.4 is 10.2 Å². The number of hydrogen-bond donors (Lipinski definition) is 1. The first kappa shape index (κ1) is 17.5. The third-order valence-electron chi connectivity index (χ3n) is 3.88. The highest BCUT2D eigenvalue weighted by Crippen LogP contribution is 2.19. The van der Waals surface area contributed by atoms with Crippen molar-refractivity contribution >= 4 is 5.69 Å². The predicted octanol–water partition coefficient (Wildman–Crippen LogP) is 3.71. The maximum absolute atomic E-state index is 13.2. The second-order valence-corrected chi connectivity index (χ2v) is 5.48. The average molecular weight is 291 g/mol. The zero-order valence-electron chi connectivity index (χ0n) is 13.3. The van der Waals surface area contributed by atoms with E-state index in [1.165, 1.54) is 12.1 Å². The fraction of sp³-hybridized carbons (Fsp3) is 0.588. The highest BCUT2D eigenvalue weighted by Gasteiger charge is 2.26. The van der Waals surface area contributed by atoms with Gasteiger partial charge in [0.05, 0.1) is 6.07 Å². The summed E-state index contributed by atoms with van der Waals surface area (Å²) in [6.07, 6.45) is 3.52. The highest BCUT2D eigenvalue weighted by molar-refractivity contribution is 5.45. The van der Waals surface area contributed by atoms with Crippen LogP contribution in [0.2, 0.25) is 0 Å². The molecule has 1 unspecified atom stereocenters. The molecule has 0 heterocycles. The van der Waals surface area contributed by atoms with E-state index in [1.807, 2.05) is 24.9 Å². The standard InChI is InChI=1S/C17H26FN3/c1-4-11-20-17(5-2,14-19)10-7-12-21(3)16-9-6-8-15(18)13-16/h6,8-9,13,20H,4-5,7,10-12H2,1-3H3. The number of benzene rings is 1. The SMILES string of the molecule is CCCNC(C#N)(CC)CCCN(C)c1cccc(F)c1. The molecule has 0 aliphatic carbocycles. The topological polar surface area (TPSA) is 39.1 Å². The lowest BCUT2D eigenvalue weighted by molar-refractivity contribution is 0.366. The molecular formula is C17H26FN3. The number of hydrogen-bond acceptors (Lipinski definition) is 3. The molecule has 0 radical (unpaired) electrons. The zero-order valence-corrected chi connectivity index (χ0v) is 13.3. The largest absolute Gasteiger partial charge is 0.375 e. The van der Waals surface area contributed by atoms with Crippen LogP contribution in [0.5, 0.6) is 0 Å². The molecule has 0 bridgehead atoms. The molecule has 0 fully saturated rings. The Kier molecular flexibility index (Phi) is 7.18. The Morgan fingerprint density at radius 2 is 2.14 bits per heavy atom. The van der Waals surface area contributed by atoms with Gasteiger partial charge in [0.25, 0.3) is 0 Å². The maximum atomic E-state index is 13.2.